The maximum Gasteiger partial charge on any atom is 0.123 e. The summed E-state index contributed by atoms with van der Waals surface area (Å²) in [7, 11) is 1.97. The lowest BCUT2D eigenvalue weighted by molar-refractivity contribution is -0.134. The van der Waals surface area contributed by atoms with Crippen LogP contribution in [0.3, 0.4) is 0 Å². The molecule has 1 fully saturated rings. The Hall–Kier alpha value is -1.76. The fourth-order valence-electron chi connectivity index (χ4n) is 3.06. The van der Waals surface area contributed by atoms with Crippen LogP contribution in [-0.2, 0) is 24.8 Å². The summed E-state index contributed by atoms with van der Waals surface area (Å²) in [6.07, 6.45) is 4.20. The number of aryl methyl sites for hydroxylation is 1. The summed E-state index contributed by atoms with van der Waals surface area (Å²) in [6.45, 7) is 2.72. The second kappa shape index (κ2) is 6.78. The normalized spacial score (nSPS) is 22.4. The van der Waals surface area contributed by atoms with Crippen LogP contribution in [0.1, 0.15) is 11.3 Å². The first-order valence-electron chi connectivity index (χ1n) is 7.77. The van der Waals surface area contributed by atoms with Crippen molar-refractivity contribution in [1.29, 1.82) is 0 Å². The Morgan fingerprint density at radius 3 is 2.78 bits per heavy atom. The van der Waals surface area contributed by atoms with E-state index in [1.807, 2.05) is 17.8 Å². The molecule has 0 aliphatic carbocycles. The van der Waals surface area contributed by atoms with Crippen LogP contribution >= 0.6 is 0 Å². The Kier molecular flexibility index (Phi) is 4.75. The minimum Gasteiger partial charge on any atom is -0.393 e. The summed E-state index contributed by atoms with van der Waals surface area (Å²) in [5.74, 6) is -0.255. The third kappa shape index (κ3) is 3.77. The van der Waals surface area contributed by atoms with Gasteiger partial charge in [0.15, 0.2) is 0 Å². The van der Waals surface area contributed by atoms with Gasteiger partial charge in [-0.1, -0.05) is 12.1 Å². The van der Waals surface area contributed by atoms with Gasteiger partial charge in [0.05, 0.1) is 25.2 Å². The Morgan fingerprint density at radius 1 is 1.35 bits per heavy atom. The molecule has 5 nitrogen and oxygen atoms in total. The molecule has 1 saturated heterocycles. The van der Waals surface area contributed by atoms with E-state index in [-0.39, 0.29) is 12.4 Å². The van der Waals surface area contributed by atoms with Gasteiger partial charge >= 0.3 is 0 Å². The van der Waals surface area contributed by atoms with Crippen molar-refractivity contribution in [3.8, 4) is 0 Å². The topological polar surface area (TPSA) is 50.5 Å². The second-order valence-electron chi connectivity index (χ2n) is 6.20. The zero-order chi connectivity index (χ0) is 16.3. The summed E-state index contributed by atoms with van der Waals surface area (Å²) >= 11 is 0. The van der Waals surface area contributed by atoms with Crippen LogP contribution < -0.4 is 0 Å². The number of aromatic nitrogens is 2. The summed E-state index contributed by atoms with van der Waals surface area (Å²) in [4.78, 5) is 6.40. The third-order valence-corrected chi connectivity index (χ3v) is 4.36. The molecule has 1 unspecified atom stereocenters. The third-order valence-electron chi connectivity index (χ3n) is 4.36. The maximum absolute atomic E-state index is 13.1. The lowest BCUT2D eigenvalue weighted by Crippen LogP contribution is -2.55. The number of hydrogen-bond donors (Lipinski definition) is 1. The van der Waals surface area contributed by atoms with Gasteiger partial charge < -0.3 is 14.4 Å². The van der Waals surface area contributed by atoms with Crippen LogP contribution in [0, 0.1) is 5.82 Å². The molecule has 1 aromatic heterocycles. The fraction of sp³-hybridized carbons (Fsp3) is 0.471. The lowest BCUT2D eigenvalue weighted by atomic mass is 9.93. The fourth-order valence-corrected chi connectivity index (χ4v) is 3.06. The smallest absolute Gasteiger partial charge is 0.123 e. The van der Waals surface area contributed by atoms with E-state index in [0.717, 1.165) is 24.3 Å². The first-order chi connectivity index (χ1) is 11.1. The average Bonchev–Trinajstić information content (AvgIpc) is 2.95. The summed E-state index contributed by atoms with van der Waals surface area (Å²) < 4.78 is 21.0. The molecule has 0 bridgehead atoms. The predicted molar refractivity (Wildman–Crippen MR) is 84.4 cm³/mol. The Labute approximate surface area is 135 Å². The van der Waals surface area contributed by atoms with Gasteiger partial charge in [-0.15, -0.1) is 0 Å². The van der Waals surface area contributed by atoms with E-state index >= 15 is 0 Å². The van der Waals surface area contributed by atoms with Crippen LogP contribution in [0.2, 0.25) is 0 Å². The van der Waals surface area contributed by atoms with Crippen molar-refractivity contribution in [1.82, 2.24) is 14.5 Å². The molecular formula is C17H22FN3O2. The number of morpholine rings is 1. The van der Waals surface area contributed by atoms with Crippen molar-refractivity contribution >= 4 is 0 Å². The van der Waals surface area contributed by atoms with Crippen molar-refractivity contribution < 1.29 is 14.2 Å². The quantitative estimate of drug-likeness (QED) is 0.904. The highest BCUT2D eigenvalue weighted by molar-refractivity contribution is 5.19. The van der Waals surface area contributed by atoms with Crippen LogP contribution in [0.15, 0.2) is 36.8 Å². The molecule has 1 aliphatic heterocycles. The molecule has 1 aromatic carbocycles. The molecule has 0 spiro atoms. The maximum atomic E-state index is 13.1. The average molecular weight is 319 g/mol. The number of ether oxygens (including phenoxy) is 1. The first-order valence-corrected chi connectivity index (χ1v) is 7.77. The SMILES string of the molecule is Cn1cncc1CN1CCOC(CO)(Cc2ccc(F)cc2)C1. The molecule has 0 amide bonds. The molecule has 1 N–H and O–H groups in total. The van der Waals surface area contributed by atoms with E-state index < -0.39 is 5.60 Å². The highest BCUT2D eigenvalue weighted by Gasteiger charge is 2.36. The van der Waals surface area contributed by atoms with Crippen LogP contribution in [0.4, 0.5) is 4.39 Å². The van der Waals surface area contributed by atoms with E-state index in [4.69, 9.17) is 4.74 Å². The van der Waals surface area contributed by atoms with Gasteiger partial charge in [-0.25, -0.2) is 9.37 Å². The number of rotatable bonds is 5. The van der Waals surface area contributed by atoms with Crippen molar-refractivity contribution in [2.75, 3.05) is 26.3 Å². The summed E-state index contributed by atoms with van der Waals surface area (Å²) in [6, 6.07) is 6.37. The highest BCUT2D eigenvalue weighted by Crippen LogP contribution is 2.24. The Bertz CT molecular complexity index is 644. The molecule has 124 valence electrons. The molecule has 0 radical (unpaired) electrons. The Balaban J connectivity index is 1.70. The van der Waals surface area contributed by atoms with Gasteiger partial charge in [-0.3, -0.25) is 4.90 Å². The van der Waals surface area contributed by atoms with Gasteiger partial charge in [0, 0.05) is 39.3 Å². The molecular weight excluding hydrogens is 297 g/mol. The van der Waals surface area contributed by atoms with E-state index in [2.05, 4.69) is 9.88 Å². The van der Waals surface area contributed by atoms with Crippen LogP contribution in [0.5, 0.6) is 0 Å². The molecule has 2 heterocycles. The van der Waals surface area contributed by atoms with Gasteiger partial charge in [-0.05, 0) is 17.7 Å². The van der Waals surface area contributed by atoms with E-state index in [0.29, 0.717) is 19.6 Å². The Morgan fingerprint density at radius 2 is 2.13 bits per heavy atom. The number of hydrogen-bond acceptors (Lipinski definition) is 4. The van der Waals surface area contributed by atoms with Gasteiger partial charge in [0.2, 0.25) is 0 Å². The largest absolute Gasteiger partial charge is 0.393 e. The number of halogens is 1. The van der Waals surface area contributed by atoms with Crippen molar-refractivity contribution in [3.63, 3.8) is 0 Å². The summed E-state index contributed by atoms with van der Waals surface area (Å²) in [5.41, 5.74) is 1.44. The number of imidazole rings is 1. The first kappa shape index (κ1) is 16.1. The molecule has 6 heteroatoms. The van der Waals surface area contributed by atoms with Crippen LogP contribution in [-0.4, -0.2) is 51.5 Å². The highest BCUT2D eigenvalue weighted by atomic mass is 19.1. The zero-order valence-electron chi connectivity index (χ0n) is 13.3. The minimum absolute atomic E-state index is 0.0632. The van der Waals surface area contributed by atoms with Gasteiger partial charge in [-0.2, -0.15) is 0 Å². The monoisotopic (exact) mass is 319 g/mol. The summed E-state index contributed by atoms with van der Waals surface area (Å²) in [5, 5.41) is 9.91. The number of benzene rings is 1. The molecule has 1 aliphatic rings. The predicted octanol–water partition coefficient (Wildman–Crippen LogP) is 1.37. The molecule has 2 aromatic rings. The van der Waals surface area contributed by atoms with E-state index in [1.165, 1.54) is 12.1 Å². The molecule has 1 atom stereocenters. The van der Waals surface area contributed by atoms with E-state index in [9.17, 15) is 9.50 Å². The van der Waals surface area contributed by atoms with Crippen molar-refractivity contribution in [3.05, 3.63) is 53.9 Å². The lowest BCUT2D eigenvalue weighted by Gasteiger charge is -2.42. The number of nitrogens with zero attached hydrogens (tertiary/aromatic N) is 3. The van der Waals surface area contributed by atoms with Crippen molar-refractivity contribution in [2.24, 2.45) is 7.05 Å². The molecule has 0 saturated carbocycles. The minimum atomic E-state index is -0.644. The van der Waals surface area contributed by atoms with Gasteiger partial charge in [0.1, 0.15) is 11.4 Å². The standard InChI is InChI=1S/C17H22FN3O2/c1-20-13-19-9-16(20)10-21-6-7-23-17(11-21,12-22)8-14-2-4-15(18)5-3-14/h2-5,9,13,22H,6-8,10-12H2,1H3. The number of aliphatic hydroxyl groups is 1. The van der Waals surface area contributed by atoms with Gasteiger partial charge in [0.25, 0.3) is 0 Å². The van der Waals surface area contributed by atoms with Crippen molar-refractivity contribution in [2.45, 2.75) is 18.6 Å². The molecule has 3 rings (SSSR count). The van der Waals surface area contributed by atoms with Crippen LogP contribution in [0.25, 0.3) is 0 Å². The van der Waals surface area contributed by atoms with E-state index in [1.54, 1.807) is 18.5 Å². The zero-order valence-corrected chi connectivity index (χ0v) is 13.3. The number of aliphatic hydroxyl groups excluding tert-OH is 1. The second-order valence-corrected chi connectivity index (χ2v) is 6.20. The molecule has 23 heavy (non-hydrogen) atoms.